The topological polar surface area (TPSA) is 132 Å². The second kappa shape index (κ2) is 11.0. The number of piperidine rings is 1. The number of nitrogens with one attached hydrogen (secondary N) is 2. The Bertz CT molecular complexity index is 1020. The van der Waals surface area contributed by atoms with Gasteiger partial charge in [-0.05, 0) is 61.3 Å². The lowest BCUT2D eigenvalue weighted by atomic mass is 9.97. The second-order valence-corrected chi connectivity index (χ2v) is 7.64. The van der Waals surface area contributed by atoms with Gasteiger partial charge >= 0.3 is 5.97 Å². The van der Waals surface area contributed by atoms with Gasteiger partial charge in [0.15, 0.2) is 0 Å². The lowest BCUT2D eigenvalue weighted by molar-refractivity contribution is -0.143. The van der Waals surface area contributed by atoms with Crippen molar-refractivity contribution in [1.82, 2.24) is 9.88 Å². The van der Waals surface area contributed by atoms with Crippen LogP contribution in [0.3, 0.4) is 0 Å². The van der Waals surface area contributed by atoms with E-state index >= 15 is 0 Å². The van der Waals surface area contributed by atoms with E-state index in [9.17, 15) is 9.59 Å². The highest BCUT2D eigenvalue weighted by molar-refractivity contribution is 6.10. The first-order valence-corrected chi connectivity index (χ1v) is 10.4. The summed E-state index contributed by atoms with van der Waals surface area (Å²) in [5.74, 6) is -1.22. The Hall–Kier alpha value is -3.78. The molecule has 0 bridgehead atoms. The number of carboxylic acids is 1. The van der Waals surface area contributed by atoms with E-state index in [4.69, 9.17) is 16.2 Å². The van der Waals surface area contributed by atoms with E-state index in [0.29, 0.717) is 29.7 Å². The van der Waals surface area contributed by atoms with E-state index in [1.807, 2.05) is 24.3 Å². The van der Waals surface area contributed by atoms with E-state index in [1.54, 1.807) is 24.5 Å². The molecule has 0 spiro atoms. The summed E-state index contributed by atoms with van der Waals surface area (Å²) in [6.45, 7) is 2.31. The van der Waals surface area contributed by atoms with Crippen LogP contribution in [0.25, 0.3) is 11.6 Å². The molecule has 5 N–H and O–H groups in total. The number of hydrogen-bond acceptors (Lipinski definition) is 6. The van der Waals surface area contributed by atoms with Gasteiger partial charge in [-0.25, -0.2) is 0 Å². The molecule has 3 rings (SSSR count). The number of aliphatic carboxylic acids is 1. The van der Waals surface area contributed by atoms with E-state index in [0.717, 1.165) is 37.0 Å². The second-order valence-electron chi connectivity index (χ2n) is 7.64. The number of allylic oxidation sites excluding steroid dienone is 1. The molecular formula is C24H27N5O3. The number of hydrogen-bond donors (Lipinski definition) is 4. The summed E-state index contributed by atoms with van der Waals surface area (Å²) in [7, 11) is 0. The average Bonchev–Trinajstić information content (AvgIpc) is 2.81. The van der Waals surface area contributed by atoms with Crippen molar-refractivity contribution in [3.63, 3.8) is 0 Å². The minimum Gasteiger partial charge on any atom is -0.481 e. The number of anilines is 1. The smallest absolute Gasteiger partial charge is 0.306 e. The molecule has 1 aromatic heterocycles. The number of amides is 1. The molecule has 1 amide bonds. The lowest BCUT2D eigenvalue weighted by Crippen LogP contribution is -2.35. The summed E-state index contributed by atoms with van der Waals surface area (Å²) in [6, 6.07) is 9.37. The summed E-state index contributed by atoms with van der Waals surface area (Å²) in [5.41, 5.74) is 9.30. The van der Waals surface area contributed by atoms with Gasteiger partial charge in [0.2, 0.25) is 5.91 Å². The van der Waals surface area contributed by atoms with E-state index in [-0.39, 0.29) is 11.8 Å². The molecule has 166 valence electrons. The molecule has 1 aliphatic rings. The molecule has 1 saturated heterocycles. The summed E-state index contributed by atoms with van der Waals surface area (Å²) < 4.78 is 0. The normalized spacial score (nSPS) is 15.6. The Morgan fingerprint density at radius 3 is 2.56 bits per heavy atom. The van der Waals surface area contributed by atoms with Crippen LogP contribution < -0.4 is 11.1 Å². The minimum absolute atomic E-state index is 0.234. The molecule has 8 heteroatoms. The fourth-order valence-corrected chi connectivity index (χ4v) is 3.66. The van der Waals surface area contributed by atoms with Crippen LogP contribution in [-0.4, -0.2) is 46.2 Å². The maximum Gasteiger partial charge on any atom is 0.306 e. The molecule has 1 aliphatic heterocycles. The highest BCUT2D eigenvalue weighted by atomic mass is 16.4. The highest BCUT2D eigenvalue weighted by Gasteiger charge is 2.24. The van der Waals surface area contributed by atoms with E-state index < -0.39 is 5.97 Å². The first kappa shape index (κ1) is 22.9. The maximum absolute atomic E-state index is 12.3. The highest BCUT2D eigenvalue weighted by Crippen LogP contribution is 2.20. The third kappa shape index (κ3) is 6.12. The van der Waals surface area contributed by atoms with Gasteiger partial charge in [0.25, 0.3) is 0 Å². The fourth-order valence-electron chi connectivity index (χ4n) is 3.66. The van der Waals surface area contributed by atoms with Crippen molar-refractivity contribution in [1.29, 1.82) is 5.41 Å². The van der Waals surface area contributed by atoms with Gasteiger partial charge in [0.1, 0.15) is 0 Å². The third-order valence-corrected chi connectivity index (χ3v) is 5.48. The largest absolute Gasteiger partial charge is 0.481 e. The van der Waals surface area contributed by atoms with Gasteiger partial charge in [-0.15, -0.1) is 0 Å². The Balaban J connectivity index is 1.55. The van der Waals surface area contributed by atoms with Gasteiger partial charge in [-0.3, -0.25) is 19.5 Å². The lowest BCUT2D eigenvalue weighted by Gasteiger charge is -2.30. The fraction of sp³-hybridized carbons (Fsp3) is 0.250. The Kier molecular flexibility index (Phi) is 7.88. The molecule has 8 nitrogen and oxygen atoms in total. The number of rotatable bonds is 8. The molecule has 1 aromatic carbocycles. The van der Waals surface area contributed by atoms with Crippen LogP contribution in [-0.2, 0) is 16.1 Å². The summed E-state index contributed by atoms with van der Waals surface area (Å²) in [5, 5.41) is 19.4. The average molecular weight is 434 g/mol. The van der Waals surface area contributed by atoms with Gasteiger partial charge in [0.05, 0.1) is 5.92 Å². The number of carbonyl (C=O) groups is 2. The number of carboxylic acid groups (broad SMARTS) is 1. The summed E-state index contributed by atoms with van der Waals surface area (Å²) in [6.07, 6.45) is 10.1. The standard InChI is InChI=1S/C24H27N5O3/c25-13-20(14-26)22-7-10-27-15-19(22)3-6-23(30)28-21-4-1-17(2-5-21)16-29-11-8-18(9-12-29)24(31)32/h1-7,10,13-15,18,25H,8-9,11-12,16,26H2,(H,28,30)(H,31,32)/b6-3+,20-14?,25-13?. The Morgan fingerprint density at radius 1 is 1.22 bits per heavy atom. The van der Waals surface area contributed by atoms with Crippen molar-refractivity contribution in [3.8, 4) is 0 Å². The van der Waals surface area contributed by atoms with Gasteiger partial charge in [0, 0.05) is 54.3 Å². The molecule has 0 saturated carbocycles. The van der Waals surface area contributed by atoms with Crippen LogP contribution in [0.1, 0.15) is 29.5 Å². The van der Waals surface area contributed by atoms with Crippen molar-refractivity contribution in [2.45, 2.75) is 19.4 Å². The van der Waals surface area contributed by atoms with Crippen molar-refractivity contribution in [3.05, 3.63) is 71.7 Å². The van der Waals surface area contributed by atoms with E-state index in [1.165, 1.54) is 12.3 Å². The number of aromatic nitrogens is 1. The Labute approximate surface area is 187 Å². The number of likely N-dealkylation sites (tertiary alicyclic amines) is 1. The third-order valence-electron chi connectivity index (χ3n) is 5.48. The van der Waals surface area contributed by atoms with Crippen LogP contribution in [0.4, 0.5) is 5.69 Å². The van der Waals surface area contributed by atoms with Gasteiger partial charge in [-0.2, -0.15) is 0 Å². The molecule has 2 aromatic rings. The molecule has 32 heavy (non-hydrogen) atoms. The van der Waals surface area contributed by atoms with Gasteiger partial charge in [-0.1, -0.05) is 12.1 Å². The van der Waals surface area contributed by atoms with Crippen molar-refractivity contribution >= 4 is 35.4 Å². The van der Waals surface area contributed by atoms with Crippen LogP contribution >= 0.6 is 0 Å². The minimum atomic E-state index is -0.704. The quantitative estimate of drug-likeness (QED) is 0.374. The first-order valence-electron chi connectivity index (χ1n) is 10.4. The maximum atomic E-state index is 12.3. The molecule has 1 fully saturated rings. The van der Waals surface area contributed by atoms with Crippen molar-refractivity contribution in [2.75, 3.05) is 18.4 Å². The predicted octanol–water partition coefficient (Wildman–Crippen LogP) is 2.98. The van der Waals surface area contributed by atoms with Crippen molar-refractivity contribution < 1.29 is 14.7 Å². The zero-order chi connectivity index (χ0) is 22.9. The first-order chi connectivity index (χ1) is 15.5. The Morgan fingerprint density at radius 2 is 1.94 bits per heavy atom. The molecule has 0 aliphatic carbocycles. The zero-order valence-electron chi connectivity index (χ0n) is 17.7. The summed E-state index contributed by atoms with van der Waals surface area (Å²) in [4.78, 5) is 29.7. The predicted molar refractivity (Wildman–Crippen MR) is 125 cm³/mol. The molecule has 2 heterocycles. The number of pyridine rings is 1. The molecule has 0 unspecified atom stereocenters. The number of carbonyl (C=O) groups excluding carboxylic acids is 1. The van der Waals surface area contributed by atoms with Crippen LogP contribution in [0, 0.1) is 11.3 Å². The van der Waals surface area contributed by atoms with Crippen molar-refractivity contribution in [2.24, 2.45) is 11.7 Å². The van der Waals surface area contributed by atoms with E-state index in [2.05, 4.69) is 15.2 Å². The zero-order valence-corrected chi connectivity index (χ0v) is 17.7. The van der Waals surface area contributed by atoms with Crippen LogP contribution in [0.15, 0.2) is 55.0 Å². The SMILES string of the molecule is N=CC(=CN)c1ccncc1/C=C/C(=O)Nc1ccc(CN2CCC(C(=O)O)CC2)cc1. The number of nitrogens with two attached hydrogens (primary N) is 1. The van der Waals surface area contributed by atoms with Crippen LogP contribution in [0.2, 0.25) is 0 Å². The molecule has 0 radical (unpaired) electrons. The molecule has 0 atom stereocenters. The van der Waals surface area contributed by atoms with Gasteiger partial charge < -0.3 is 21.6 Å². The van der Waals surface area contributed by atoms with Crippen LogP contribution in [0.5, 0.6) is 0 Å². The monoisotopic (exact) mass is 433 g/mol. The number of nitrogens with zero attached hydrogens (tertiary/aromatic N) is 2. The number of benzene rings is 1. The molecular weight excluding hydrogens is 406 g/mol. The summed E-state index contributed by atoms with van der Waals surface area (Å²) >= 11 is 0.